The number of imide groups is 1. The third kappa shape index (κ3) is 3.04. The van der Waals surface area contributed by atoms with Gasteiger partial charge in [-0.1, -0.05) is 28.1 Å². The van der Waals surface area contributed by atoms with Crippen molar-refractivity contribution in [2.24, 2.45) is 23.7 Å². The molecule has 2 bridgehead atoms. The van der Waals surface area contributed by atoms with Gasteiger partial charge in [0.05, 0.1) is 24.5 Å². The summed E-state index contributed by atoms with van der Waals surface area (Å²) >= 11 is 3.36. The summed E-state index contributed by atoms with van der Waals surface area (Å²) in [5, 5.41) is 2.83. The van der Waals surface area contributed by atoms with Gasteiger partial charge in [0.2, 0.25) is 17.7 Å². The summed E-state index contributed by atoms with van der Waals surface area (Å²) in [6.07, 6.45) is 6.43. The van der Waals surface area contributed by atoms with E-state index in [-0.39, 0.29) is 47.8 Å². The molecule has 2 aromatic rings. The fraction of sp³-hybridized carbons (Fsp3) is 0.318. The number of fused-ring (bicyclic) bond motifs is 5. The van der Waals surface area contributed by atoms with E-state index in [0.717, 1.165) is 10.9 Å². The van der Waals surface area contributed by atoms with Crippen LogP contribution in [0.25, 0.3) is 0 Å². The molecular formula is C22H19BrN2O4. The molecule has 6 nitrogen and oxygen atoms in total. The van der Waals surface area contributed by atoms with Crippen LogP contribution in [0.15, 0.2) is 63.7 Å². The molecule has 148 valence electrons. The summed E-state index contributed by atoms with van der Waals surface area (Å²) in [5.74, 6) is -0.565. The molecule has 1 aromatic carbocycles. The number of hydrogen-bond donors (Lipinski definition) is 1. The van der Waals surface area contributed by atoms with E-state index in [1.165, 1.54) is 11.2 Å². The van der Waals surface area contributed by atoms with E-state index >= 15 is 0 Å². The van der Waals surface area contributed by atoms with Crippen molar-refractivity contribution in [3.63, 3.8) is 0 Å². The van der Waals surface area contributed by atoms with Crippen molar-refractivity contribution >= 4 is 39.3 Å². The van der Waals surface area contributed by atoms with Gasteiger partial charge in [0.1, 0.15) is 11.8 Å². The van der Waals surface area contributed by atoms with E-state index in [1.807, 2.05) is 12.1 Å². The van der Waals surface area contributed by atoms with Crippen LogP contribution in [0, 0.1) is 23.7 Å². The lowest BCUT2D eigenvalue weighted by Gasteiger charge is -2.26. The van der Waals surface area contributed by atoms with E-state index in [4.69, 9.17) is 4.42 Å². The molecule has 3 amide bonds. The van der Waals surface area contributed by atoms with E-state index < -0.39 is 6.04 Å². The van der Waals surface area contributed by atoms with E-state index in [1.54, 1.807) is 24.3 Å². The standard InChI is InChI=1S/C22H19BrN2O4/c23-14-5-7-15(8-6-14)24-18(26)11-16(17-2-1-9-29-17)25-21(27)19-12-3-4-13(10-12)20(19)22(25)28/h1-9,12-13,16,19-20H,10-11H2,(H,24,26). The number of nitrogens with zero attached hydrogens (tertiary/aromatic N) is 1. The highest BCUT2D eigenvalue weighted by atomic mass is 79.9. The number of halogens is 1. The average Bonchev–Trinajstić information content (AvgIpc) is 3.48. The van der Waals surface area contributed by atoms with Crippen molar-refractivity contribution in [2.45, 2.75) is 18.9 Å². The van der Waals surface area contributed by atoms with Gasteiger partial charge in [-0.15, -0.1) is 0 Å². The second-order valence-corrected chi connectivity index (χ2v) is 8.75. The molecule has 2 fully saturated rings. The first-order chi connectivity index (χ1) is 14.0. The van der Waals surface area contributed by atoms with Gasteiger partial charge < -0.3 is 9.73 Å². The molecule has 1 aromatic heterocycles. The van der Waals surface area contributed by atoms with Crippen molar-refractivity contribution < 1.29 is 18.8 Å². The first-order valence-electron chi connectivity index (χ1n) is 9.67. The van der Waals surface area contributed by atoms with Crippen molar-refractivity contribution in [3.8, 4) is 0 Å². The van der Waals surface area contributed by atoms with Gasteiger partial charge in [-0.25, -0.2) is 0 Å². The largest absolute Gasteiger partial charge is 0.467 e. The Balaban J connectivity index is 1.40. The highest BCUT2D eigenvalue weighted by Crippen LogP contribution is 2.54. The predicted molar refractivity (Wildman–Crippen MR) is 108 cm³/mol. The number of likely N-dealkylation sites (tertiary alicyclic amines) is 1. The highest BCUT2D eigenvalue weighted by molar-refractivity contribution is 9.10. The van der Waals surface area contributed by atoms with Crippen LogP contribution in [0.3, 0.4) is 0 Å². The Morgan fingerprint density at radius 2 is 1.76 bits per heavy atom. The molecule has 1 aliphatic heterocycles. The average molecular weight is 455 g/mol. The molecule has 5 atom stereocenters. The molecule has 1 N–H and O–H groups in total. The summed E-state index contributed by atoms with van der Waals surface area (Å²) < 4.78 is 6.42. The number of allylic oxidation sites excluding steroid dienone is 2. The van der Waals surface area contributed by atoms with Crippen LogP contribution < -0.4 is 5.32 Å². The number of nitrogens with one attached hydrogen (secondary N) is 1. The lowest BCUT2D eigenvalue weighted by Crippen LogP contribution is -2.38. The Labute approximate surface area is 176 Å². The molecule has 0 radical (unpaired) electrons. The molecule has 2 aliphatic carbocycles. The summed E-state index contributed by atoms with van der Waals surface area (Å²) in [6, 6.07) is 9.89. The van der Waals surface area contributed by atoms with Gasteiger partial charge in [-0.2, -0.15) is 0 Å². The summed E-state index contributed by atoms with van der Waals surface area (Å²) in [5.41, 5.74) is 0.648. The Morgan fingerprint density at radius 1 is 1.10 bits per heavy atom. The number of furan rings is 1. The maximum atomic E-state index is 13.2. The molecular weight excluding hydrogens is 436 g/mol. The number of rotatable bonds is 5. The van der Waals surface area contributed by atoms with Crippen molar-refractivity contribution in [3.05, 3.63) is 65.0 Å². The Bertz CT molecular complexity index is 968. The normalized spacial score (nSPS) is 28.1. The zero-order chi connectivity index (χ0) is 20.1. The van der Waals surface area contributed by atoms with Crippen molar-refractivity contribution in [1.82, 2.24) is 4.90 Å². The molecule has 0 spiro atoms. The van der Waals surface area contributed by atoms with Crippen molar-refractivity contribution in [2.75, 3.05) is 5.32 Å². The molecule has 29 heavy (non-hydrogen) atoms. The second-order valence-electron chi connectivity index (χ2n) is 7.84. The minimum absolute atomic E-state index is 0.0523. The van der Waals surface area contributed by atoms with Gasteiger partial charge in [-0.3, -0.25) is 19.3 Å². The number of carbonyl (C=O) groups excluding carboxylic acids is 3. The monoisotopic (exact) mass is 454 g/mol. The minimum atomic E-state index is -0.745. The van der Waals surface area contributed by atoms with Crippen LogP contribution in [-0.4, -0.2) is 22.6 Å². The Morgan fingerprint density at radius 3 is 2.34 bits per heavy atom. The molecule has 3 aliphatic rings. The predicted octanol–water partition coefficient (Wildman–Crippen LogP) is 3.92. The molecule has 5 rings (SSSR count). The van der Waals surface area contributed by atoms with Crippen LogP contribution in [0.2, 0.25) is 0 Å². The number of amides is 3. The number of benzene rings is 1. The molecule has 5 unspecified atom stereocenters. The lowest BCUT2D eigenvalue weighted by atomic mass is 9.85. The zero-order valence-corrected chi connectivity index (χ0v) is 17.0. The van der Waals surface area contributed by atoms with Crippen LogP contribution in [-0.2, 0) is 14.4 Å². The quantitative estimate of drug-likeness (QED) is 0.548. The van der Waals surface area contributed by atoms with Crippen LogP contribution in [0.1, 0.15) is 24.6 Å². The van der Waals surface area contributed by atoms with Crippen LogP contribution >= 0.6 is 15.9 Å². The second kappa shape index (κ2) is 6.99. The molecule has 1 saturated carbocycles. The van der Waals surface area contributed by atoms with Crippen molar-refractivity contribution in [1.29, 1.82) is 0 Å². The number of carbonyl (C=O) groups is 3. The first-order valence-corrected chi connectivity index (χ1v) is 10.5. The number of hydrogen-bond acceptors (Lipinski definition) is 4. The number of anilines is 1. The third-order valence-electron chi connectivity index (χ3n) is 6.19. The molecule has 1 saturated heterocycles. The fourth-order valence-electron chi connectivity index (χ4n) is 4.95. The first kappa shape index (κ1) is 18.4. The maximum Gasteiger partial charge on any atom is 0.234 e. The zero-order valence-electron chi connectivity index (χ0n) is 15.5. The van der Waals surface area contributed by atoms with Gasteiger partial charge in [0, 0.05) is 10.2 Å². The molecule has 2 heterocycles. The third-order valence-corrected chi connectivity index (χ3v) is 6.72. The van der Waals surface area contributed by atoms with E-state index in [0.29, 0.717) is 11.4 Å². The Hall–Kier alpha value is -2.67. The fourth-order valence-corrected chi connectivity index (χ4v) is 5.22. The Kier molecular flexibility index (Phi) is 4.42. The van der Waals surface area contributed by atoms with Gasteiger partial charge in [-0.05, 0) is 54.7 Å². The minimum Gasteiger partial charge on any atom is -0.467 e. The summed E-state index contributed by atoms with van der Waals surface area (Å²) in [4.78, 5) is 40.4. The topological polar surface area (TPSA) is 79.6 Å². The maximum absolute atomic E-state index is 13.2. The highest BCUT2D eigenvalue weighted by Gasteiger charge is 2.60. The lowest BCUT2D eigenvalue weighted by molar-refractivity contribution is -0.144. The smallest absolute Gasteiger partial charge is 0.234 e. The van der Waals surface area contributed by atoms with E-state index in [9.17, 15) is 14.4 Å². The van der Waals surface area contributed by atoms with Gasteiger partial charge in [0.25, 0.3) is 0 Å². The molecule has 7 heteroatoms. The van der Waals surface area contributed by atoms with E-state index in [2.05, 4.69) is 33.4 Å². The SMILES string of the molecule is O=C(CC(c1ccco1)N1C(=O)C2C3C=CC(C3)C2C1=O)Nc1ccc(Br)cc1. The van der Waals surface area contributed by atoms with Crippen LogP contribution in [0.5, 0.6) is 0 Å². The van der Waals surface area contributed by atoms with Crippen LogP contribution in [0.4, 0.5) is 5.69 Å². The summed E-state index contributed by atoms with van der Waals surface area (Å²) in [7, 11) is 0. The van der Waals surface area contributed by atoms with Gasteiger partial charge >= 0.3 is 0 Å². The van der Waals surface area contributed by atoms with Gasteiger partial charge in [0.15, 0.2) is 0 Å². The summed E-state index contributed by atoms with van der Waals surface area (Å²) in [6.45, 7) is 0.